The molecule has 0 bridgehead atoms. The van der Waals surface area contributed by atoms with Gasteiger partial charge in [0.05, 0.1) is 12.0 Å². The van der Waals surface area contributed by atoms with Crippen molar-refractivity contribution in [2.45, 2.75) is 6.42 Å². The first-order valence-corrected chi connectivity index (χ1v) is 4.88. The van der Waals surface area contributed by atoms with Crippen LogP contribution in [0.25, 0.3) is 6.08 Å². The highest BCUT2D eigenvalue weighted by atomic mass is 16.6. The molecule has 0 radical (unpaired) electrons. The lowest BCUT2D eigenvalue weighted by Crippen LogP contribution is -1.95. The van der Waals surface area contributed by atoms with E-state index in [-0.39, 0.29) is 5.69 Å². The molecule has 0 saturated heterocycles. The number of nitrogens with zero attached hydrogens (tertiary/aromatic N) is 1. The standard InChI is InChI=1S/C11H14N2O3/c1-16-11-6-5-10(13(14)15)8-9(11)4-2-3-7-12/h2,4-6,8H,3,7,12H2,1H3. The molecular formula is C11H14N2O3. The van der Waals surface area contributed by atoms with Gasteiger partial charge in [0.2, 0.25) is 0 Å². The second-order valence-corrected chi connectivity index (χ2v) is 3.16. The maximum absolute atomic E-state index is 10.6. The molecule has 1 rings (SSSR count). The molecule has 0 aliphatic heterocycles. The van der Waals surface area contributed by atoms with Crippen LogP contribution in [0, 0.1) is 10.1 Å². The van der Waals surface area contributed by atoms with E-state index >= 15 is 0 Å². The Balaban J connectivity index is 3.02. The Kier molecular flexibility index (Phi) is 4.47. The molecule has 0 aliphatic rings. The average molecular weight is 222 g/mol. The molecule has 0 saturated carbocycles. The van der Waals surface area contributed by atoms with Crippen molar-refractivity contribution in [3.05, 3.63) is 40.0 Å². The van der Waals surface area contributed by atoms with Gasteiger partial charge >= 0.3 is 0 Å². The minimum absolute atomic E-state index is 0.0493. The van der Waals surface area contributed by atoms with Gasteiger partial charge < -0.3 is 10.5 Å². The van der Waals surface area contributed by atoms with Crippen LogP contribution in [-0.4, -0.2) is 18.6 Å². The van der Waals surface area contributed by atoms with Crippen LogP contribution in [0.15, 0.2) is 24.3 Å². The minimum Gasteiger partial charge on any atom is -0.496 e. The Morgan fingerprint density at radius 3 is 2.88 bits per heavy atom. The molecule has 0 aromatic heterocycles. The summed E-state index contributed by atoms with van der Waals surface area (Å²) in [5.41, 5.74) is 6.09. The molecule has 5 nitrogen and oxygen atoms in total. The second-order valence-electron chi connectivity index (χ2n) is 3.16. The summed E-state index contributed by atoms with van der Waals surface area (Å²) < 4.78 is 5.11. The third-order valence-electron chi connectivity index (χ3n) is 2.05. The second kappa shape index (κ2) is 5.87. The Hall–Kier alpha value is -1.88. The Morgan fingerprint density at radius 2 is 2.31 bits per heavy atom. The predicted octanol–water partition coefficient (Wildman–Crippen LogP) is 1.97. The molecule has 0 atom stereocenters. The lowest BCUT2D eigenvalue weighted by atomic mass is 10.1. The molecular weight excluding hydrogens is 208 g/mol. The van der Waals surface area contributed by atoms with E-state index in [1.165, 1.54) is 19.2 Å². The van der Waals surface area contributed by atoms with Crippen molar-refractivity contribution in [2.24, 2.45) is 5.73 Å². The third-order valence-corrected chi connectivity index (χ3v) is 2.05. The van der Waals surface area contributed by atoms with Crippen LogP contribution in [0.2, 0.25) is 0 Å². The van der Waals surface area contributed by atoms with Crippen LogP contribution >= 0.6 is 0 Å². The largest absolute Gasteiger partial charge is 0.496 e. The number of nitrogens with two attached hydrogens (primary N) is 1. The number of nitro benzene ring substituents is 1. The van der Waals surface area contributed by atoms with Crippen molar-refractivity contribution in [1.82, 2.24) is 0 Å². The predicted molar refractivity (Wildman–Crippen MR) is 62.4 cm³/mol. The van der Waals surface area contributed by atoms with Gasteiger partial charge in [-0.15, -0.1) is 0 Å². The number of non-ortho nitro benzene ring substituents is 1. The lowest BCUT2D eigenvalue weighted by molar-refractivity contribution is -0.384. The number of methoxy groups -OCH3 is 1. The SMILES string of the molecule is COc1ccc([N+](=O)[O-])cc1C=CCCN. The zero-order chi connectivity index (χ0) is 12.0. The lowest BCUT2D eigenvalue weighted by Gasteiger charge is -2.03. The van der Waals surface area contributed by atoms with Gasteiger partial charge in [-0.1, -0.05) is 12.2 Å². The van der Waals surface area contributed by atoms with E-state index in [4.69, 9.17) is 10.5 Å². The molecule has 0 heterocycles. The Labute approximate surface area is 93.7 Å². The Bertz CT molecular complexity index is 402. The van der Waals surface area contributed by atoms with Crippen LogP contribution < -0.4 is 10.5 Å². The van der Waals surface area contributed by atoms with Gasteiger partial charge in [0.25, 0.3) is 5.69 Å². The fraction of sp³-hybridized carbons (Fsp3) is 0.273. The van der Waals surface area contributed by atoms with E-state index in [9.17, 15) is 10.1 Å². The monoisotopic (exact) mass is 222 g/mol. The zero-order valence-corrected chi connectivity index (χ0v) is 9.05. The normalized spacial score (nSPS) is 10.6. The van der Waals surface area contributed by atoms with Crippen molar-refractivity contribution in [3.63, 3.8) is 0 Å². The smallest absolute Gasteiger partial charge is 0.270 e. The molecule has 0 amide bonds. The van der Waals surface area contributed by atoms with Crippen molar-refractivity contribution < 1.29 is 9.66 Å². The topological polar surface area (TPSA) is 78.4 Å². The van der Waals surface area contributed by atoms with Crippen LogP contribution in [0.1, 0.15) is 12.0 Å². The number of nitro groups is 1. The summed E-state index contributed by atoms with van der Waals surface area (Å²) in [6.45, 7) is 0.549. The molecule has 2 N–H and O–H groups in total. The fourth-order valence-corrected chi connectivity index (χ4v) is 1.27. The van der Waals surface area contributed by atoms with Gasteiger partial charge in [-0.25, -0.2) is 0 Å². The Morgan fingerprint density at radius 1 is 1.56 bits per heavy atom. The molecule has 16 heavy (non-hydrogen) atoms. The number of ether oxygens (including phenoxy) is 1. The molecule has 1 aromatic carbocycles. The van der Waals surface area contributed by atoms with E-state index in [1.54, 1.807) is 12.1 Å². The molecule has 0 unspecified atom stereocenters. The summed E-state index contributed by atoms with van der Waals surface area (Å²) in [5, 5.41) is 10.6. The van der Waals surface area contributed by atoms with Gasteiger partial charge in [0.1, 0.15) is 5.75 Å². The first-order valence-electron chi connectivity index (χ1n) is 4.88. The summed E-state index contributed by atoms with van der Waals surface area (Å²) in [6.07, 6.45) is 4.37. The van der Waals surface area contributed by atoms with Crippen LogP contribution in [0.3, 0.4) is 0 Å². The van der Waals surface area contributed by atoms with E-state index in [2.05, 4.69) is 0 Å². The summed E-state index contributed by atoms with van der Waals surface area (Å²) in [4.78, 5) is 10.2. The number of benzene rings is 1. The van der Waals surface area contributed by atoms with Crippen LogP contribution in [-0.2, 0) is 0 Å². The third kappa shape index (κ3) is 3.06. The highest BCUT2D eigenvalue weighted by Gasteiger charge is 2.08. The highest BCUT2D eigenvalue weighted by Crippen LogP contribution is 2.25. The first kappa shape index (κ1) is 12.2. The molecule has 0 aliphatic carbocycles. The average Bonchev–Trinajstić information content (AvgIpc) is 2.29. The fourth-order valence-electron chi connectivity index (χ4n) is 1.27. The summed E-state index contributed by atoms with van der Waals surface area (Å²) >= 11 is 0. The van der Waals surface area contributed by atoms with Gasteiger partial charge in [-0.3, -0.25) is 10.1 Å². The number of hydrogen-bond acceptors (Lipinski definition) is 4. The molecule has 1 aromatic rings. The summed E-state index contributed by atoms with van der Waals surface area (Å²) in [7, 11) is 1.53. The van der Waals surface area contributed by atoms with E-state index in [0.29, 0.717) is 17.9 Å². The van der Waals surface area contributed by atoms with Crippen molar-refractivity contribution in [3.8, 4) is 5.75 Å². The van der Waals surface area contributed by atoms with Crippen molar-refractivity contribution >= 4 is 11.8 Å². The van der Waals surface area contributed by atoms with Gasteiger partial charge in [0, 0.05) is 17.7 Å². The highest BCUT2D eigenvalue weighted by molar-refractivity contribution is 5.60. The molecule has 5 heteroatoms. The summed E-state index contributed by atoms with van der Waals surface area (Å²) in [6, 6.07) is 4.48. The maximum atomic E-state index is 10.6. The quantitative estimate of drug-likeness (QED) is 0.610. The van der Waals surface area contributed by atoms with Crippen molar-refractivity contribution in [2.75, 3.05) is 13.7 Å². The van der Waals surface area contributed by atoms with Crippen LogP contribution in [0.4, 0.5) is 5.69 Å². The molecule has 0 fully saturated rings. The van der Waals surface area contributed by atoms with E-state index in [1.807, 2.05) is 6.08 Å². The number of hydrogen-bond donors (Lipinski definition) is 1. The zero-order valence-electron chi connectivity index (χ0n) is 9.05. The number of rotatable bonds is 5. The van der Waals surface area contributed by atoms with Gasteiger partial charge in [-0.05, 0) is 19.0 Å². The van der Waals surface area contributed by atoms with E-state index in [0.717, 1.165) is 6.42 Å². The van der Waals surface area contributed by atoms with Gasteiger partial charge in [0.15, 0.2) is 0 Å². The maximum Gasteiger partial charge on any atom is 0.270 e. The summed E-state index contributed by atoms with van der Waals surface area (Å²) in [5.74, 6) is 0.610. The first-order chi connectivity index (χ1) is 7.69. The van der Waals surface area contributed by atoms with Crippen LogP contribution in [0.5, 0.6) is 5.75 Å². The minimum atomic E-state index is -0.431. The van der Waals surface area contributed by atoms with Gasteiger partial charge in [-0.2, -0.15) is 0 Å². The van der Waals surface area contributed by atoms with E-state index < -0.39 is 4.92 Å². The molecule has 86 valence electrons. The van der Waals surface area contributed by atoms with Crippen molar-refractivity contribution in [1.29, 1.82) is 0 Å². The molecule has 0 spiro atoms.